The molecule has 19 heavy (non-hydrogen) atoms. The molecule has 0 saturated heterocycles. The molecule has 0 bridgehead atoms. The number of carbonyl (C=O) groups is 1. The lowest BCUT2D eigenvalue weighted by Crippen LogP contribution is -2.27. The summed E-state index contributed by atoms with van der Waals surface area (Å²) in [6, 6.07) is 0. The number of aryl methyl sites for hydroxylation is 2. The van der Waals surface area contributed by atoms with Crippen LogP contribution in [-0.4, -0.2) is 22.6 Å². The molecule has 1 heterocycles. The van der Waals surface area contributed by atoms with E-state index in [-0.39, 0.29) is 0 Å². The molecule has 104 valence electrons. The van der Waals surface area contributed by atoms with Gasteiger partial charge in [0.2, 0.25) is 5.91 Å². The van der Waals surface area contributed by atoms with E-state index in [1.807, 2.05) is 13.1 Å². The van der Waals surface area contributed by atoms with Gasteiger partial charge in [0.15, 0.2) is 0 Å². The minimum absolute atomic E-state index is 0.306. The Morgan fingerprint density at radius 2 is 2.16 bits per heavy atom. The van der Waals surface area contributed by atoms with Crippen molar-refractivity contribution in [2.45, 2.75) is 45.4 Å². The summed E-state index contributed by atoms with van der Waals surface area (Å²) >= 11 is 0. The Hall–Kier alpha value is -1.32. The lowest BCUT2D eigenvalue weighted by atomic mass is 10.0. The topological polar surface area (TPSA) is 57.8 Å². The third-order valence-electron chi connectivity index (χ3n) is 4.82. The second kappa shape index (κ2) is 5.35. The first-order chi connectivity index (χ1) is 9.27. The number of hydrogen-bond donors (Lipinski definition) is 2. The van der Waals surface area contributed by atoms with E-state index in [9.17, 15) is 4.79 Å². The number of aromatic nitrogens is 2. The van der Waals surface area contributed by atoms with Crippen LogP contribution in [0.1, 0.15) is 43.4 Å². The number of fused-ring (bicyclic) bond motifs is 1. The second-order valence-corrected chi connectivity index (χ2v) is 6.05. The van der Waals surface area contributed by atoms with Crippen molar-refractivity contribution in [2.24, 2.45) is 17.8 Å². The monoisotopic (exact) mass is 261 g/mol. The number of nitrogens with zero attached hydrogens (tertiary/aromatic N) is 1. The summed E-state index contributed by atoms with van der Waals surface area (Å²) in [6.07, 6.45) is 9.06. The van der Waals surface area contributed by atoms with Gasteiger partial charge in [-0.05, 0) is 50.0 Å². The molecule has 3 rings (SSSR count). The van der Waals surface area contributed by atoms with Gasteiger partial charge in [-0.1, -0.05) is 12.8 Å². The zero-order chi connectivity index (χ0) is 13.2. The number of aromatic amines is 1. The van der Waals surface area contributed by atoms with Crippen molar-refractivity contribution >= 4 is 5.91 Å². The van der Waals surface area contributed by atoms with Gasteiger partial charge in [-0.25, -0.2) is 0 Å². The highest BCUT2D eigenvalue weighted by Crippen LogP contribution is 2.55. The summed E-state index contributed by atoms with van der Waals surface area (Å²) in [7, 11) is 0. The van der Waals surface area contributed by atoms with Crippen molar-refractivity contribution in [2.75, 3.05) is 6.54 Å². The van der Waals surface area contributed by atoms with Crippen LogP contribution in [0, 0.1) is 24.7 Å². The van der Waals surface area contributed by atoms with E-state index in [1.165, 1.54) is 31.2 Å². The van der Waals surface area contributed by atoms with Gasteiger partial charge in [0.05, 0.1) is 6.20 Å². The number of carbonyl (C=O) groups excluding carboxylic acids is 1. The van der Waals surface area contributed by atoms with E-state index >= 15 is 0 Å². The molecule has 0 spiro atoms. The fourth-order valence-corrected chi connectivity index (χ4v) is 3.62. The van der Waals surface area contributed by atoms with Gasteiger partial charge < -0.3 is 5.32 Å². The number of hydrogen-bond acceptors (Lipinski definition) is 2. The van der Waals surface area contributed by atoms with E-state index in [1.54, 1.807) is 0 Å². The quantitative estimate of drug-likeness (QED) is 0.798. The highest BCUT2D eigenvalue weighted by Gasteiger charge is 2.54. The smallest absolute Gasteiger partial charge is 0.223 e. The van der Waals surface area contributed by atoms with Crippen molar-refractivity contribution in [3.8, 4) is 0 Å². The molecule has 0 aromatic carbocycles. The van der Waals surface area contributed by atoms with Crippen LogP contribution in [0.3, 0.4) is 0 Å². The van der Waals surface area contributed by atoms with Crippen LogP contribution in [-0.2, 0) is 11.2 Å². The summed E-state index contributed by atoms with van der Waals surface area (Å²) in [4.78, 5) is 12.1. The Kier molecular flexibility index (Phi) is 3.58. The first-order valence-electron chi connectivity index (χ1n) is 7.54. The maximum atomic E-state index is 12.1. The molecule has 2 fully saturated rings. The average molecular weight is 261 g/mol. The average Bonchev–Trinajstić information content (AvgIpc) is 3.02. The minimum atomic E-state index is 0.306. The number of H-pyrrole nitrogens is 1. The maximum Gasteiger partial charge on any atom is 0.223 e. The van der Waals surface area contributed by atoms with E-state index < -0.39 is 0 Å². The third-order valence-corrected chi connectivity index (χ3v) is 4.82. The van der Waals surface area contributed by atoms with Crippen LogP contribution < -0.4 is 5.32 Å². The molecule has 4 nitrogen and oxygen atoms in total. The fourth-order valence-electron chi connectivity index (χ4n) is 3.62. The number of amides is 1. The summed E-state index contributed by atoms with van der Waals surface area (Å²) < 4.78 is 0. The van der Waals surface area contributed by atoms with Crippen LogP contribution in [0.25, 0.3) is 0 Å². The highest BCUT2D eigenvalue weighted by molar-refractivity contribution is 5.82. The Morgan fingerprint density at radius 1 is 1.42 bits per heavy atom. The van der Waals surface area contributed by atoms with Crippen molar-refractivity contribution < 1.29 is 4.79 Å². The van der Waals surface area contributed by atoms with E-state index in [0.29, 0.717) is 23.7 Å². The molecule has 1 aromatic heterocycles. The molecule has 2 aliphatic carbocycles. The van der Waals surface area contributed by atoms with Crippen LogP contribution in [0.15, 0.2) is 6.20 Å². The Morgan fingerprint density at radius 3 is 2.79 bits per heavy atom. The van der Waals surface area contributed by atoms with Crippen molar-refractivity contribution in [3.63, 3.8) is 0 Å². The SMILES string of the molecule is Cc1[nH]ncc1CCCNC(=O)C1C2CCCCC21. The zero-order valence-corrected chi connectivity index (χ0v) is 11.6. The molecule has 2 saturated carbocycles. The number of nitrogens with one attached hydrogen (secondary N) is 2. The van der Waals surface area contributed by atoms with Crippen molar-refractivity contribution in [1.29, 1.82) is 0 Å². The van der Waals surface area contributed by atoms with Gasteiger partial charge in [-0.3, -0.25) is 9.89 Å². The molecule has 1 aromatic rings. The van der Waals surface area contributed by atoms with Crippen molar-refractivity contribution in [1.82, 2.24) is 15.5 Å². The van der Waals surface area contributed by atoms with Crippen LogP contribution in [0.2, 0.25) is 0 Å². The van der Waals surface area contributed by atoms with Crippen LogP contribution >= 0.6 is 0 Å². The van der Waals surface area contributed by atoms with Gasteiger partial charge in [0, 0.05) is 18.2 Å². The Bertz CT molecular complexity index is 442. The van der Waals surface area contributed by atoms with Crippen LogP contribution in [0.4, 0.5) is 0 Å². The predicted octanol–water partition coefficient (Wildman–Crippen LogP) is 2.20. The predicted molar refractivity (Wildman–Crippen MR) is 73.6 cm³/mol. The second-order valence-electron chi connectivity index (χ2n) is 6.05. The normalized spacial score (nSPS) is 28.8. The van der Waals surface area contributed by atoms with E-state index in [2.05, 4.69) is 15.5 Å². The number of rotatable bonds is 5. The summed E-state index contributed by atoms with van der Waals surface area (Å²) in [6.45, 7) is 2.83. The largest absolute Gasteiger partial charge is 0.356 e. The Labute approximate surface area is 114 Å². The molecule has 2 N–H and O–H groups in total. The molecule has 0 radical (unpaired) electrons. The molecule has 2 aliphatic rings. The van der Waals surface area contributed by atoms with Gasteiger partial charge in [-0.15, -0.1) is 0 Å². The molecule has 1 amide bonds. The maximum absolute atomic E-state index is 12.1. The molecular weight excluding hydrogens is 238 g/mol. The molecule has 0 aliphatic heterocycles. The zero-order valence-electron chi connectivity index (χ0n) is 11.6. The highest BCUT2D eigenvalue weighted by atomic mass is 16.2. The minimum Gasteiger partial charge on any atom is -0.356 e. The van der Waals surface area contributed by atoms with E-state index in [4.69, 9.17) is 0 Å². The van der Waals surface area contributed by atoms with Crippen LogP contribution in [0.5, 0.6) is 0 Å². The molecular formula is C15H23N3O. The summed E-state index contributed by atoms with van der Waals surface area (Å²) in [5.41, 5.74) is 2.40. The lowest BCUT2D eigenvalue weighted by molar-refractivity contribution is -0.122. The summed E-state index contributed by atoms with van der Waals surface area (Å²) in [5.74, 6) is 2.08. The first kappa shape index (κ1) is 12.7. The third kappa shape index (κ3) is 2.67. The van der Waals surface area contributed by atoms with E-state index in [0.717, 1.165) is 25.1 Å². The van der Waals surface area contributed by atoms with Gasteiger partial charge in [0.1, 0.15) is 0 Å². The van der Waals surface area contributed by atoms with Gasteiger partial charge in [-0.2, -0.15) is 5.10 Å². The molecule has 4 heteroatoms. The molecule has 2 atom stereocenters. The fraction of sp³-hybridized carbons (Fsp3) is 0.733. The van der Waals surface area contributed by atoms with Crippen molar-refractivity contribution in [3.05, 3.63) is 17.5 Å². The summed E-state index contributed by atoms with van der Waals surface area (Å²) in [5, 5.41) is 10.1. The molecule has 2 unspecified atom stereocenters. The lowest BCUT2D eigenvalue weighted by Gasteiger charge is -2.04. The van der Waals surface area contributed by atoms with Gasteiger partial charge in [0.25, 0.3) is 0 Å². The first-order valence-corrected chi connectivity index (χ1v) is 7.54. The standard InChI is InChI=1S/C15H23N3O/c1-10-11(9-17-18-10)5-4-8-16-15(19)14-12-6-2-3-7-13(12)14/h9,12-14H,2-8H2,1H3,(H,16,19)(H,17,18). The Balaban J connectivity index is 1.36. The van der Waals surface area contributed by atoms with Gasteiger partial charge >= 0.3 is 0 Å².